The second-order valence-corrected chi connectivity index (χ2v) is 5.60. The minimum Gasteiger partial charge on any atom is -0.393 e. The fraction of sp³-hybridized carbons (Fsp3) is 0.538. The number of urea groups is 1. The maximum atomic E-state index is 11.7. The topological polar surface area (TPSA) is 74.2 Å². The molecular weight excluding hydrogens is 310 g/mol. The molecule has 0 fully saturated rings. The lowest BCUT2D eigenvalue weighted by molar-refractivity contribution is 0.163. The first-order chi connectivity index (χ1) is 8.88. The number of amides is 2. The number of aromatic nitrogens is 1. The summed E-state index contributed by atoms with van der Waals surface area (Å²) in [6.07, 6.45) is 0.317. The number of carbonyl (C=O) groups excluding carboxylic acids is 1. The number of pyridine rings is 1. The van der Waals surface area contributed by atoms with Crippen LogP contribution in [-0.4, -0.2) is 28.8 Å². The molecule has 0 radical (unpaired) electrons. The van der Waals surface area contributed by atoms with E-state index in [2.05, 4.69) is 31.5 Å². The Hall–Kier alpha value is -1.14. The van der Waals surface area contributed by atoms with Crippen LogP contribution in [0, 0.1) is 12.8 Å². The Morgan fingerprint density at radius 3 is 2.74 bits per heavy atom. The average Bonchev–Trinajstić information content (AvgIpc) is 2.29. The molecule has 0 saturated heterocycles. The van der Waals surface area contributed by atoms with Crippen molar-refractivity contribution in [3.05, 3.63) is 22.4 Å². The molecule has 0 aromatic carbocycles. The zero-order valence-electron chi connectivity index (χ0n) is 11.4. The van der Waals surface area contributed by atoms with E-state index in [1.54, 1.807) is 19.1 Å². The molecule has 2 amide bonds. The van der Waals surface area contributed by atoms with Gasteiger partial charge in [0.2, 0.25) is 0 Å². The minimum atomic E-state index is -0.349. The van der Waals surface area contributed by atoms with Crippen LogP contribution in [0.2, 0.25) is 0 Å². The molecule has 0 aliphatic heterocycles. The van der Waals surface area contributed by atoms with Crippen LogP contribution in [0.4, 0.5) is 10.5 Å². The van der Waals surface area contributed by atoms with Crippen LogP contribution in [0.25, 0.3) is 0 Å². The molecule has 5 nitrogen and oxygen atoms in total. The van der Waals surface area contributed by atoms with Crippen LogP contribution in [0.3, 0.4) is 0 Å². The molecule has 2 unspecified atom stereocenters. The zero-order chi connectivity index (χ0) is 14.4. The fourth-order valence-corrected chi connectivity index (χ4v) is 2.16. The van der Waals surface area contributed by atoms with Crippen molar-refractivity contribution in [1.29, 1.82) is 0 Å². The number of nitrogens with zero attached hydrogens (tertiary/aromatic N) is 1. The van der Waals surface area contributed by atoms with E-state index in [0.29, 0.717) is 18.7 Å². The summed E-state index contributed by atoms with van der Waals surface area (Å²) < 4.78 is 0.738. The van der Waals surface area contributed by atoms with Gasteiger partial charge in [-0.2, -0.15) is 0 Å². The van der Waals surface area contributed by atoms with E-state index in [0.717, 1.165) is 10.3 Å². The molecule has 0 aliphatic carbocycles. The molecule has 0 bridgehead atoms. The Labute approximate surface area is 121 Å². The van der Waals surface area contributed by atoms with Gasteiger partial charge >= 0.3 is 6.03 Å². The Kier molecular flexibility index (Phi) is 6.24. The number of nitrogens with one attached hydrogen (secondary N) is 2. The second kappa shape index (κ2) is 7.45. The van der Waals surface area contributed by atoms with E-state index in [-0.39, 0.29) is 18.1 Å². The smallest absolute Gasteiger partial charge is 0.319 e. The van der Waals surface area contributed by atoms with Crippen molar-refractivity contribution in [1.82, 2.24) is 10.3 Å². The zero-order valence-corrected chi connectivity index (χ0v) is 13.0. The number of rotatable bonds is 5. The van der Waals surface area contributed by atoms with E-state index in [1.165, 1.54) is 0 Å². The lowest BCUT2D eigenvalue weighted by atomic mass is 10.1. The summed E-state index contributed by atoms with van der Waals surface area (Å²) in [5.74, 6) is 0.231. The van der Waals surface area contributed by atoms with Gasteiger partial charge in [-0.15, -0.1) is 0 Å². The highest BCUT2D eigenvalue weighted by molar-refractivity contribution is 9.10. The summed E-state index contributed by atoms with van der Waals surface area (Å²) in [4.78, 5) is 15.9. The van der Waals surface area contributed by atoms with E-state index >= 15 is 0 Å². The highest BCUT2D eigenvalue weighted by atomic mass is 79.9. The number of aliphatic hydroxyl groups excluding tert-OH is 1. The minimum absolute atomic E-state index is 0.231. The molecule has 2 atom stereocenters. The van der Waals surface area contributed by atoms with Crippen LogP contribution in [0.5, 0.6) is 0 Å². The number of hydrogen-bond donors (Lipinski definition) is 3. The van der Waals surface area contributed by atoms with Crippen molar-refractivity contribution in [3.63, 3.8) is 0 Å². The van der Waals surface area contributed by atoms with E-state index in [1.807, 2.05) is 13.8 Å². The molecule has 6 heteroatoms. The highest BCUT2D eigenvalue weighted by Gasteiger charge is 2.09. The standard InChI is InChI=1S/C13H20BrN3O2/c1-8(6-9(2)18)7-15-13(19)17-11-4-5-12(14)16-10(11)3/h4-5,8-9,18H,6-7H2,1-3H3,(H2,15,17,19). The number of hydrogen-bond acceptors (Lipinski definition) is 3. The predicted octanol–water partition coefficient (Wildman–Crippen LogP) is 2.68. The predicted molar refractivity (Wildman–Crippen MR) is 79.2 cm³/mol. The Morgan fingerprint density at radius 1 is 1.47 bits per heavy atom. The molecule has 1 rings (SSSR count). The van der Waals surface area contributed by atoms with Crippen molar-refractivity contribution in [2.45, 2.75) is 33.3 Å². The maximum Gasteiger partial charge on any atom is 0.319 e. The van der Waals surface area contributed by atoms with Crippen LogP contribution >= 0.6 is 15.9 Å². The van der Waals surface area contributed by atoms with Gasteiger partial charge in [-0.1, -0.05) is 6.92 Å². The first kappa shape index (κ1) is 15.9. The summed E-state index contributed by atoms with van der Waals surface area (Å²) in [7, 11) is 0. The quantitative estimate of drug-likeness (QED) is 0.727. The van der Waals surface area contributed by atoms with Gasteiger partial charge in [-0.3, -0.25) is 0 Å². The number of carbonyl (C=O) groups is 1. The van der Waals surface area contributed by atoms with Crippen molar-refractivity contribution >= 4 is 27.6 Å². The fourth-order valence-electron chi connectivity index (χ4n) is 1.76. The summed E-state index contributed by atoms with van der Waals surface area (Å²) in [5.41, 5.74) is 1.44. The lowest BCUT2D eigenvalue weighted by Gasteiger charge is -2.15. The van der Waals surface area contributed by atoms with Crippen molar-refractivity contribution in [3.8, 4) is 0 Å². The van der Waals surface area contributed by atoms with Crippen molar-refractivity contribution in [2.75, 3.05) is 11.9 Å². The Bertz CT molecular complexity index is 438. The van der Waals surface area contributed by atoms with Crippen LogP contribution in [0.1, 0.15) is 26.0 Å². The number of aliphatic hydroxyl groups is 1. The molecule has 3 N–H and O–H groups in total. The monoisotopic (exact) mass is 329 g/mol. The van der Waals surface area contributed by atoms with Crippen LogP contribution in [-0.2, 0) is 0 Å². The first-order valence-corrected chi connectivity index (χ1v) is 7.04. The third-order valence-electron chi connectivity index (χ3n) is 2.65. The molecule has 0 spiro atoms. The molecule has 19 heavy (non-hydrogen) atoms. The molecule has 106 valence electrons. The number of halogens is 1. The van der Waals surface area contributed by atoms with Gasteiger partial charge in [-0.05, 0) is 54.2 Å². The second-order valence-electron chi connectivity index (χ2n) is 4.79. The van der Waals surface area contributed by atoms with Gasteiger partial charge in [0.05, 0.1) is 17.5 Å². The van der Waals surface area contributed by atoms with Gasteiger partial charge in [0.1, 0.15) is 4.60 Å². The summed E-state index contributed by atoms with van der Waals surface area (Å²) >= 11 is 3.27. The third kappa shape index (κ3) is 6.02. The molecular formula is C13H20BrN3O2. The highest BCUT2D eigenvalue weighted by Crippen LogP contribution is 2.15. The average molecular weight is 330 g/mol. The normalized spacial score (nSPS) is 13.7. The summed E-state index contributed by atoms with van der Waals surface area (Å²) in [6.45, 7) is 6.09. The number of anilines is 1. The molecule has 1 aromatic rings. The van der Waals surface area contributed by atoms with Gasteiger partial charge < -0.3 is 15.7 Å². The molecule has 0 saturated carbocycles. The molecule has 1 heterocycles. The third-order valence-corrected chi connectivity index (χ3v) is 3.10. The van der Waals surface area contributed by atoms with Gasteiger partial charge in [0.25, 0.3) is 0 Å². The maximum absolute atomic E-state index is 11.7. The first-order valence-electron chi connectivity index (χ1n) is 6.24. The van der Waals surface area contributed by atoms with Gasteiger partial charge in [-0.25, -0.2) is 9.78 Å². The summed E-state index contributed by atoms with van der Waals surface area (Å²) in [6, 6.07) is 3.31. The SMILES string of the molecule is Cc1nc(Br)ccc1NC(=O)NCC(C)CC(C)O. The Balaban J connectivity index is 2.43. The van der Waals surface area contributed by atoms with E-state index < -0.39 is 0 Å². The molecule has 0 aliphatic rings. The lowest BCUT2D eigenvalue weighted by Crippen LogP contribution is -2.33. The van der Waals surface area contributed by atoms with Crippen LogP contribution in [0.15, 0.2) is 16.7 Å². The van der Waals surface area contributed by atoms with Crippen molar-refractivity contribution in [2.24, 2.45) is 5.92 Å². The number of aryl methyl sites for hydroxylation is 1. The van der Waals surface area contributed by atoms with E-state index in [9.17, 15) is 9.90 Å². The van der Waals surface area contributed by atoms with Gasteiger partial charge in [0.15, 0.2) is 0 Å². The summed E-state index contributed by atoms with van der Waals surface area (Å²) in [5, 5.41) is 14.8. The van der Waals surface area contributed by atoms with E-state index in [4.69, 9.17) is 0 Å². The molecule has 1 aromatic heterocycles. The van der Waals surface area contributed by atoms with Crippen molar-refractivity contribution < 1.29 is 9.90 Å². The van der Waals surface area contributed by atoms with Crippen LogP contribution < -0.4 is 10.6 Å². The van der Waals surface area contributed by atoms with Gasteiger partial charge in [0, 0.05) is 6.54 Å². The Morgan fingerprint density at radius 2 is 2.16 bits per heavy atom. The largest absolute Gasteiger partial charge is 0.393 e.